The van der Waals surface area contributed by atoms with Crippen LogP contribution in [0.3, 0.4) is 0 Å². The summed E-state index contributed by atoms with van der Waals surface area (Å²) in [5, 5.41) is 3.27. The number of hydrogen-bond acceptors (Lipinski definition) is 7. The van der Waals surface area contributed by atoms with Gasteiger partial charge in [0.15, 0.2) is 5.82 Å². The molecule has 106 valence electrons. The zero-order chi connectivity index (χ0) is 14.4. The number of aromatic nitrogens is 2. The third-order valence-electron chi connectivity index (χ3n) is 2.56. The highest BCUT2D eigenvalue weighted by molar-refractivity contribution is 7.98. The number of benzene rings is 1. The zero-order valence-corrected chi connectivity index (χ0v) is 12.2. The van der Waals surface area contributed by atoms with Gasteiger partial charge in [-0.05, 0) is 18.4 Å². The minimum atomic E-state index is 0.328. The van der Waals surface area contributed by atoms with Gasteiger partial charge in [0.2, 0.25) is 0 Å². The molecule has 0 aliphatic rings. The van der Waals surface area contributed by atoms with Crippen molar-refractivity contribution < 1.29 is 4.74 Å². The van der Waals surface area contributed by atoms with Crippen molar-refractivity contribution >= 4 is 29.1 Å². The first-order valence-corrected chi connectivity index (χ1v) is 7.23. The number of nitrogens with one attached hydrogen (secondary N) is 2. The van der Waals surface area contributed by atoms with Crippen LogP contribution in [-0.4, -0.2) is 23.3 Å². The largest absolute Gasteiger partial charge is 0.377 e. The van der Waals surface area contributed by atoms with Gasteiger partial charge >= 0.3 is 0 Å². The molecule has 20 heavy (non-hydrogen) atoms. The Hall–Kier alpha value is -1.83. The molecule has 2 rings (SSSR count). The number of methoxy groups -OCH3 is 1. The molecule has 0 saturated heterocycles. The van der Waals surface area contributed by atoms with Gasteiger partial charge in [-0.1, -0.05) is 12.1 Å². The molecule has 0 bridgehead atoms. The lowest BCUT2D eigenvalue weighted by molar-refractivity contribution is 0.178. The van der Waals surface area contributed by atoms with Crippen LogP contribution in [0, 0.1) is 0 Å². The van der Waals surface area contributed by atoms with Crippen LogP contribution in [0.15, 0.2) is 35.2 Å². The maximum absolute atomic E-state index is 5.42. The van der Waals surface area contributed by atoms with Crippen molar-refractivity contribution in [2.24, 2.45) is 5.84 Å². The molecule has 4 N–H and O–H groups in total. The van der Waals surface area contributed by atoms with Crippen LogP contribution in [0.2, 0.25) is 0 Å². The third-order valence-corrected chi connectivity index (χ3v) is 3.36. The second-order valence-electron chi connectivity index (χ2n) is 3.96. The normalized spacial score (nSPS) is 10.3. The number of anilines is 3. The highest BCUT2D eigenvalue weighted by Crippen LogP contribution is 2.27. The van der Waals surface area contributed by atoms with E-state index in [1.54, 1.807) is 24.9 Å². The molecule has 0 atom stereocenters. The SMILES string of the molecule is COCc1nc(NN)cc(Nc2ccccc2SC)n1. The molecule has 0 unspecified atom stereocenters. The van der Waals surface area contributed by atoms with Crippen molar-refractivity contribution in [1.82, 2.24) is 9.97 Å². The molecule has 1 heterocycles. The van der Waals surface area contributed by atoms with Crippen molar-refractivity contribution in [3.8, 4) is 0 Å². The molecule has 0 amide bonds. The lowest BCUT2D eigenvalue weighted by Crippen LogP contribution is -2.12. The number of rotatable bonds is 6. The number of nitrogen functional groups attached to an aromatic ring is 1. The molecule has 1 aromatic heterocycles. The number of hydrazine groups is 1. The Bertz CT molecular complexity index is 578. The Balaban J connectivity index is 2.30. The van der Waals surface area contributed by atoms with E-state index in [1.807, 2.05) is 30.5 Å². The fourth-order valence-corrected chi connectivity index (χ4v) is 2.27. The Labute approximate surface area is 122 Å². The first-order valence-electron chi connectivity index (χ1n) is 6.00. The summed E-state index contributed by atoms with van der Waals surface area (Å²) in [5.41, 5.74) is 3.52. The number of nitrogens with two attached hydrogens (primary N) is 1. The van der Waals surface area contributed by atoms with Gasteiger partial charge in [0, 0.05) is 18.1 Å². The van der Waals surface area contributed by atoms with Crippen molar-refractivity contribution in [1.29, 1.82) is 0 Å². The Morgan fingerprint density at radius 1 is 1.25 bits per heavy atom. The summed E-state index contributed by atoms with van der Waals surface area (Å²) in [6, 6.07) is 9.77. The summed E-state index contributed by atoms with van der Waals surface area (Å²) in [7, 11) is 1.60. The van der Waals surface area contributed by atoms with Crippen LogP contribution in [0.5, 0.6) is 0 Å². The average molecular weight is 291 g/mol. The average Bonchev–Trinajstić information content (AvgIpc) is 2.48. The van der Waals surface area contributed by atoms with E-state index in [1.165, 1.54) is 0 Å². The molecule has 1 aromatic carbocycles. The number of ether oxygens (including phenoxy) is 1. The summed E-state index contributed by atoms with van der Waals surface area (Å²) in [5.74, 6) is 7.19. The van der Waals surface area contributed by atoms with Crippen molar-refractivity contribution in [2.45, 2.75) is 11.5 Å². The molecule has 2 aromatic rings. The summed E-state index contributed by atoms with van der Waals surface area (Å²) in [6.45, 7) is 0.328. The second kappa shape index (κ2) is 7.09. The number of nitrogens with zero attached hydrogens (tertiary/aromatic N) is 2. The molecule has 0 radical (unpaired) electrons. The maximum Gasteiger partial charge on any atom is 0.158 e. The summed E-state index contributed by atoms with van der Waals surface area (Å²) >= 11 is 1.67. The first-order chi connectivity index (χ1) is 9.76. The predicted octanol–water partition coefficient (Wildman–Crippen LogP) is 2.37. The first kappa shape index (κ1) is 14.6. The molecule has 0 fully saturated rings. The van der Waals surface area contributed by atoms with Crippen LogP contribution in [-0.2, 0) is 11.3 Å². The Morgan fingerprint density at radius 2 is 2.00 bits per heavy atom. The van der Waals surface area contributed by atoms with Gasteiger partial charge in [0.25, 0.3) is 0 Å². The van der Waals surface area contributed by atoms with E-state index < -0.39 is 0 Å². The molecule has 0 spiro atoms. The van der Waals surface area contributed by atoms with Crippen LogP contribution in [0.25, 0.3) is 0 Å². The fourth-order valence-electron chi connectivity index (χ4n) is 1.71. The van der Waals surface area contributed by atoms with E-state index in [0.29, 0.717) is 24.1 Å². The highest BCUT2D eigenvalue weighted by atomic mass is 32.2. The number of hydrogen-bond donors (Lipinski definition) is 3. The van der Waals surface area contributed by atoms with Crippen molar-refractivity contribution in [3.05, 3.63) is 36.2 Å². The van der Waals surface area contributed by atoms with Crippen molar-refractivity contribution in [2.75, 3.05) is 24.1 Å². The minimum absolute atomic E-state index is 0.328. The monoisotopic (exact) mass is 291 g/mol. The summed E-state index contributed by atoms with van der Waals surface area (Å²) in [4.78, 5) is 9.74. The molecule has 7 heteroatoms. The lowest BCUT2D eigenvalue weighted by atomic mass is 10.3. The smallest absolute Gasteiger partial charge is 0.158 e. The van der Waals surface area contributed by atoms with E-state index in [2.05, 4.69) is 20.7 Å². The van der Waals surface area contributed by atoms with E-state index >= 15 is 0 Å². The Kier molecular flexibility index (Phi) is 5.16. The van der Waals surface area contributed by atoms with Crippen LogP contribution < -0.4 is 16.6 Å². The molecular weight excluding hydrogens is 274 g/mol. The van der Waals surface area contributed by atoms with Gasteiger partial charge in [-0.2, -0.15) is 0 Å². The highest BCUT2D eigenvalue weighted by Gasteiger charge is 2.06. The van der Waals surface area contributed by atoms with E-state index in [4.69, 9.17) is 10.6 Å². The van der Waals surface area contributed by atoms with Gasteiger partial charge in [-0.25, -0.2) is 15.8 Å². The molecule has 6 nitrogen and oxygen atoms in total. The predicted molar refractivity (Wildman–Crippen MR) is 82.1 cm³/mol. The maximum atomic E-state index is 5.42. The molecular formula is C13H17N5OS. The zero-order valence-electron chi connectivity index (χ0n) is 11.4. The van der Waals surface area contributed by atoms with Gasteiger partial charge in [0.05, 0.1) is 5.69 Å². The van der Waals surface area contributed by atoms with Crippen LogP contribution >= 0.6 is 11.8 Å². The van der Waals surface area contributed by atoms with Crippen LogP contribution in [0.1, 0.15) is 5.82 Å². The Morgan fingerprint density at radius 3 is 2.70 bits per heavy atom. The van der Waals surface area contributed by atoms with E-state index in [0.717, 1.165) is 10.6 Å². The minimum Gasteiger partial charge on any atom is -0.377 e. The summed E-state index contributed by atoms with van der Waals surface area (Å²) in [6.07, 6.45) is 2.03. The third kappa shape index (κ3) is 3.60. The standard InChI is InChI=1S/C13H17N5OS/c1-19-8-13-16-11(7-12(17-13)18-14)15-9-5-3-4-6-10(9)20-2/h3-7H,8,14H2,1-2H3,(H2,15,16,17,18). The lowest BCUT2D eigenvalue weighted by Gasteiger charge is -2.11. The van der Waals surface area contributed by atoms with Gasteiger partial charge < -0.3 is 15.5 Å². The summed E-state index contributed by atoms with van der Waals surface area (Å²) < 4.78 is 5.05. The number of thioether (sulfide) groups is 1. The van der Waals surface area contributed by atoms with Gasteiger partial charge in [-0.15, -0.1) is 11.8 Å². The van der Waals surface area contributed by atoms with E-state index in [9.17, 15) is 0 Å². The molecule has 0 aliphatic carbocycles. The van der Waals surface area contributed by atoms with Crippen molar-refractivity contribution in [3.63, 3.8) is 0 Å². The van der Waals surface area contributed by atoms with Gasteiger partial charge in [-0.3, -0.25) is 0 Å². The number of para-hydroxylation sites is 1. The van der Waals surface area contributed by atoms with Crippen LogP contribution in [0.4, 0.5) is 17.3 Å². The second-order valence-corrected chi connectivity index (χ2v) is 4.81. The molecule has 0 aliphatic heterocycles. The fraction of sp³-hybridized carbons (Fsp3) is 0.231. The quantitative estimate of drug-likeness (QED) is 0.428. The topological polar surface area (TPSA) is 85.1 Å². The van der Waals surface area contributed by atoms with E-state index in [-0.39, 0.29) is 0 Å². The molecule has 0 saturated carbocycles. The van der Waals surface area contributed by atoms with Gasteiger partial charge in [0.1, 0.15) is 18.2 Å².